The molecule has 1 saturated heterocycles. The molecule has 1 aliphatic rings. The largest absolute Gasteiger partial charge is 0.456 e. The van der Waals surface area contributed by atoms with E-state index < -0.39 is 0 Å². The lowest BCUT2D eigenvalue weighted by atomic mass is 10.1. The van der Waals surface area contributed by atoms with Gasteiger partial charge in [-0.25, -0.2) is 4.98 Å². The highest BCUT2D eigenvalue weighted by Crippen LogP contribution is 2.23. The fourth-order valence-corrected chi connectivity index (χ4v) is 4.21. The Bertz CT molecular complexity index is 911. The number of benzene rings is 1. The van der Waals surface area contributed by atoms with Gasteiger partial charge in [-0.3, -0.25) is 15.0 Å². The first kappa shape index (κ1) is 17.9. The summed E-state index contributed by atoms with van der Waals surface area (Å²) in [5.74, 6) is 0.920. The molecule has 1 amide bonds. The number of nitrogens with zero attached hydrogens (tertiary/aromatic N) is 2. The average Bonchev–Trinajstić information content (AvgIpc) is 3.40. The molecule has 1 aromatic carbocycles. The summed E-state index contributed by atoms with van der Waals surface area (Å²) in [7, 11) is 0. The van der Waals surface area contributed by atoms with E-state index in [9.17, 15) is 4.79 Å². The van der Waals surface area contributed by atoms with Gasteiger partial charge in [0, 0.05) is 29.6 Å². The number of nitrogens with one attached hydrogen (secondary N) is 1. The topological polar surface area (TPSA) is 58.4 Å². The summed E-state index contributed by atoms with van der Waals surface area (Å²) in [4.78, 5) is 20.4. The Kier molecular flexibility index (Phi) is 5.36. The predicted octanol–water partition coefficient (Wildman–Crippen LogP) is 4.48. The second-order valence-electron chi connectivity index (χ2n) is 6.92. The number of rotatable bonds is 6. The Balaban J connectivity index is 1.39. The van der Waals surface area contributed by atoms with Crippen molar-refractivity contribution in [2.75, 3.05) is 18.4 Å². The normalized spacial score (nSPS) is 14.6. The van der Waals surface area contributed by atoms with Crippen molar-refractivity contribution in [3.05, 3.63) is 70.1 Å². The summed E-state index contributed by atoms with van der Waals surface area (Å²) in [6, 6.07) is 12.1. The highest BCUT2D eigenvalue weighted by Gasteiger charge is 2.19. The van der Waals surface area contributed by atoms with Crippen LogP contribution in [0.15, 0.2) is 47.0 Å². The van der Waals surface area contributed by atoms with Gasteiger partial charge in [-0.15, -0.1) is 11.3 Å². The number of carbonyl (C=O) groups is 1. The monoisotopic (exact) mass is 381 g/mol. The van der Waals surface area contributed by atoms with Gasteiger partial charge in [0.1, 0.15) is 5.76 Å². The van der Waals surface area contributed by atoms with E-state index in [4.69, 9.17) is 4.42 Å². The fourth-order valence-electron chi connectivity index (χ4n) is 3.37. The third-order valence-electron chi connectivity index (χ3n) is 4.83. The number of anilines is 1. The third kappa shape index (κ3) is 4.46. The predicted molar refractivity (Wildman–Crippen MR) is 107 cm³/mol. The fraction of sp³-hybridized carbons (Fsp3) is 0.333. The minimum atomic E-state index is -0.244. The summed E-state index contributed by atoms with van der Waals surface area (Å²) < 4.78 is 5.70. The molecule has 0 radical (unpaired) electrons. The molecule has 3 heterocycles. The van der Waals surface area contributed by atoms with Gasteiger partial charge in [0.25, 0.3) is 5.91 Å². The van der Waals surface area contributed by atoms with Crippen LogP contribution in [-0.4, -0.2) is 28.9 Å². The lowest BCUT2D eigenvalue weighted by Gasteiger charge is -2.12. The third-order valence-corrected chi connectivity index (χ3v) is 5.74. The molecule has 1 N–H and O–H groups in total. The highest BCUT2D eigenvalue weighted by atomic mass is 32.1. The van der Waals surface area contributed by atoms with Crippen molar-refractivity contribution in [2.45, 2.75) is 32.7 Å². The van der Waals surface area contributed by atoms with Gasteiger partial charge in [-0.2, -0.15) is 0 Å². The molecule has 5 nitrogen and oxygen atoms in total. The van der Waals surface area contributed by atoms with Gasteiger partial charge in [0.15, 0.2) is 10.9 Å². The summed E-state index contributed by atoms with van der Waals surface area (Å²) >= 11 is 1.49. The van der Waals surface area contributed by atoms with E-state index in [-0.39, 0.29) is 5.91 Å². The van der Waals surface area contributed by atoms with Crippen LogP contribution in [0.2, 0.25) is 0 Å². The van der Waals surface area contributed by atoms with E-state index in [2.05, 4.69) is 27.3 Å². The van der Waals surface area contributed by atoms with E-state index in [0.29, 0.717) is 10.9 Å². The minimum Gasteiger partial charge on any atom is -0.456 e. The number of amides is 1. The van der Waals surface area contributed by atoms with Crippen LogP contribution < -0.4 is 5.32 Å². The Morgan fingerprint density at radius 2 is 2.04 bits per heavy atom. The first-order valence-corrected chi connectivity index (χ1v) is 10.1. The van der Waals surface area contributed by atoms with Crippen molar-refractivity contribution in [3.63, 3.8) is 0 Å². The van der Waals surface area contributed by atoms with Crippen LogP contribution in [-0.2, 0) is 13.0 Å². The molecule has 0 bridgehead atoms. The number of carbonyl (C=O) groups excluding carboxylic acids is 1. The van der Waals surface area contributed by atoms with Crippen LogP contribution in [0.5, 0.6) is 0 Å². The number of thiazole rings is 1. The van der Waals surface area contributed by atoms with Crippen molar-refractivity contribution in [1.29, 1.82) is 0 Å². The second kappa shape index (κ2) is 8.06. The summed E-state index contributed by atoms with van der Waals surface area (Å²) in [6.45, 7) is 5.01. The lowest BCUT2D eigenvalue weighted by Crippen LogP contribution is -2.18. The number of hydrogen-bond acceptors (Lipinski definition) is 5. The molecular weight excluding hydrogens is 358 g/mol. The van der Waals surface area contributed by atoms with E-state index in [1.165, 1.54) is 29.7 Å². The molecule has 140 valence electrons. The van der Waals surface area contributed by atoms with Crippen molar-refractivity contribution in [1.82, 2.24) is 9.88 Å². The maximum Gasteiger partial charge on any atom is 0.293 e. The summed E-state index contributed by atoms with van der Waals surface area (Å²) in [5, 5.41) is 3.46. The van der Waals surface area contributed by atoms with Crippen LogP contribution in [0.3, 0.4) is 0 Å². The van der Waals surface area contributed by atoms with Gasteiger partial charge in [0.05, 0.1) is 0 Å². The molecule has 0 unspecified atom stereocenters. The molecule has 0 atom stereocenters. The maximum atomic E-state index is 12.5. The number of aryl methyl sites for hydroxylation is 1. The van der Waals surface area contributed by atoms with Gasteiger partial charge >= 0.3 is 0 Å². The number of aromatic nitrogens is 1. The Morgan fingerprint density at radius 3 is 2.81 bits per heavy atom. The van der Waals surface area contributed by atoms with Crippen LogP contribution in [0.1, 0.15) is 45.2 Å². The Morgan fingerprint density at radius 1 is 1.26 bits per heavy atom. The van der Waals surface area contributed by atoms with Crippen LogP contribution in [0.4, 0.5) is 5.13 Å². The van der Waals surface area contributed by atoms with E-state index in [1.54, 1.807) is 0 Å². The quantitative estimate of drug-likeness (QED) is 0.684. The van der Waals surface area contributed by atoms with Crippen LogP contribution >= 0.6 is 11.3 Å². The molecular formula is C21H23N3O2S. The molecule has 3 aromatic rings. The maximum absolute atomic E-state index is 12.5. The van der Waals surface area contributed by atoms with Crippen LogP contribution in [0.25, 0.3) is 0 Å². The molecule has 27 heavy (non-hydrogen) atoms. The molecule has 2 aromatic heterocycles. The van der Waals surface area contributed by atoms with E-state index >= 15 is 0 Å². The van der Waals surface area contributed by atoms with E-state index in [0.717, 1.165) is 42.3 Å². The van der Waals surface area contributed by atoms with Crippen molar-refractivity contribution >= 4 is 22.4 Å². The van der Waals surface area contributed by atoms with Gasteiger partial charge in [-0.05, 0) is 44.5 Å². The minimum absolute atomic E-state index is 0.244. The average molecular weight is 382 g/mol. The number of likely N-dealkylation sites (tertiary alicyclic amines) is 1. The zero-order valence-corrected chi connectivity index (χ0v) is 16.2. The molecule has 1 aliphatic heterocycles. The van der Waals surface area contributed by atoms with Crippen molar-refractivity contribution in [2.24, 2.45) is 0 Å². The Labute approximate surface area is 163 Å². The van der Waals surface area contributed by atoms with Gasteiger partial charge < -0.3 is 4.42 Å². The molecule has 1 fully saturated rings. The van der Waals surface area contributed by atoms with E-state index in [1.807, 2.05) is 37.4 Å². The highest BCUT2D eigenvalue weighted by molar-refractivity contribution is 7.15. The zero-order chi connectivity index (χ0) is 18.6. The van der Waals surface area contributed by atoms with Crippen molar-refractivity contribution < 1.29 is 9.21 Å². The zero-order valence-electron chi connectivity index (χ0n) is 15.4. The summed E-state index contributed by atoms with van der Waals surface area (Å²) in [6.07, 6.45) is 5.13. The smallest absolute Gasteiger partial charge is 0.293 e. The van der Waals surface area contributed by atoms with Gasteiger partial charge in [-0.1, -0.05) is 30.3 Å². The van der Waals surface area contributed by atoms with Crippen LogP contribution in [0, 0.1) is 6.92 Å². The lowest BCUT2D eigenvalue weighted by molar-refractivity contribution is 0.0995. The molecule has 0 aliphatic carbocycles. The van der Waals surface area contributed by atoms with Gasteiger partial charge in [0.2, 0.25) is 0 Å². The molecule has 4 rings (SSSR count). The number of hydrogen-bond donors (Lipinski definition) is 1. The molecule has 0 saturated carbocycles. The first-order valence-electron chi connectivity index (χ1n) is 9.29. The SMILES string of the molecule is Cc1oc(C(=O)Nc2ncc(Cc3ccccc3)s2)cc1CN1CCCC1. The summed E-state index contributed by atoms with van der Waals surface area (Å²) in [5.41, 5.74) is 2.32. The Hall–Kier alpha value is -2.44. The molecule has 6 heteroatoms. The first-order chi connectivity index (χ1) is 13.2. The standard InChI is InChI=1S/C21H23N3O2S/c1-15-17(14-24-9-5-6-10-24)12-19(26-15)20(25)23-21-22-13-18(27-21)11-16-7-3-2-4-8-16/h2-4,7-8,12-13H,5-6,9-11,14H2,1H3,(H,22,23,25). The number of furan rings is 1. The second-order valence-corrected chi connectivity index (χ2v) is 8.04. The van der Waals surface area contributed by atoms with Crippen molar-refractivity contribution in [3.8, 4) is 0 Å². The molecule has 0 spiro atoms.